The second-order valence-corrected chi connectivity index (χ2v) is 6.60. The smallest absolute Gasteiger partial charge is 0.268 e. The van der Waals surface area contributed by atoms with Gasteiger partial charge in [0.1, 0.15) is 0 Å². The summed E-state index contributed by atoms with van der Waals surface area (Å²) in [5.41, 5.74) is 1.08. The summed E-state index contributed by atoms with van der Waals surface area (Å²) >= 11 is 6.44. The van der Waals surface area contributed by atoms with Gasteiger partial charge in [-0.25, -0.2) is 0 Å². The van der Waals surface area contributed by atoms with Gasteiger partial charge in [-0.2, -0.15) is 0 Å². The minimum absolute atomic E-state index is 0.00931. The lowest BCUT2D eigenvalue weighted by atomic mass is 10.1. The summed E-state index contributed by atoms with van der Waals surface area (Å²) < 4.78 is 0.420. The molecule has 6 nitrogen and oxygen atoms in total. The van der Waals surface area contributed by atoms with Gasteiger partial charge in [-0.1, -0.05) is 42.2 Å². The lowest BCUT2D eigenvalue weighted by Crippen LogP contribution is -2.27. The minimum atomic E-state index is -0.443. The first kappa shape index (κ1) is 17.0. The molecule has 124 valence electrons. The number of thiocarbonyl (C=S) groups is 1. The molecule has 1 aliphatic rings. The van der Waals surface area contributed by atoms with E-state index in [0.29, 0.717) is 20.5 Å². The van der Waals surface area contributed by atoms with Crippen molar-refractivity contribution in [3.8, 4) is 0 Å². The van der Waals surface area contributed by atoms with Gasteiger partial charge in [0.25, 0.3) is 11.6 Å². The first-order chi connectivity index (χ1) is 12.1. The number of aromatic nitrogens is 1. The number of para-hydroxylation sites is 1. The maximum absolute atomic E-state index is 12.5. The monoisotopic (exact) mass is 369 g/mol. The van der Waals surface area contributed by atoms with Crippen LogP contribution in [0.4, 0.5) is 11.4 Å². The molecule has 0 spiro atoms. The van der Waals surface area contributed by atoms with E-state index in [1.54, 1.807) is 61.0 Å². The number of amides is 1. The van der Waals surface area contributed by atoms with Gasteiger partial charge >= 0.3 is 0 Å². The van der Waals surface area contributed by atoms with Crippen LogP contribution in [0.3, 0.4) is 0 Å². The highest BCUT2D eigenvalue weighted by molar-refractivity contribution is 8.27. The molecule has 0 bridgehead atoms. The fourth-order valence-electron chi connectivity index (χ4n) is 2.22. The number of carbonyl (C=O) groups is 1. The third-order valence-corrected chi connectivity index (χ3v) is 4.68. The highest BCUT2D eigenvalue weighted by atomic mass is 32.2. The van der Waals surface area contributed by atoms with Gasteiger partial charge in [-0.3, -0.25) is 24.8 Å². The summed E-state index contributed by atoms with van der Waals surface area (Å²) in [5.74, 6) is -0.241. The molecule has 1 fully saturated rings. The molecule has 1 aliphatic heterocycles. The number of thioether (sulfide) groups is 1. The van der Waals surface area contributed by atoms with E-state index >= 15 is 0 Å². The van der Waals surface area contributed by atoms with Crippen LogP contribution in [0.2, 0.25) is 0 Å². The Morgan fingerprint density at radius 3 is 2.76 bits per heavy atom. The number of hydrogen-bond donors (Lipinski definition) is 0. The summed E-state index contributed by atoms with van der Waals surface area (Å²) in [7, 11) is 0. The van der Waals surface area contributed by atoms with Crippen molar-refractivity contribution in [3.63, 3.8) is 0 Å². The molecular formula is C17H11N3O3S2. The van der Waals surface area contributed by atoms with E-state index in [1.165, 1.54) is 22.7 Å². The number of allylic oxidation sites excluding steroid dienone is 2. The van der Waals surface area contributed by atoms with Crippen molar-refractivity contribution in [2.75, 3.05) is 4.90 Å². The predicted molar refractivity (Wildman–Crippen MR) is 102 cm³/mol. The van der Waals surface area contributed by atoms with Crippen molar-refractivity contribution in [3.05, 3.63) is 81.5 Å². The predicted octanol–water partition coefficient (Wildman–Crippen LogP) is 3.95. The van der Waals surface area contributed by atoms with Gasteiger partial charge in [0.05, 0.1) is 27.3 Å². The largest absolute Gasteiger partial charge is 0.276 e. The van der Waals surface area contributed by atoms with Crippen LogP contribution < -0.4 is 4.90 Å². The molecule has 0 aliphatic carbocycles. The van der Waals surface area contributed by atoms with Gasteiger partial charge in [0.2, 0.25) is 0 Å². The molecule has 0 radical (unpaired) electrons. The second kappa shape index (κ2) is 7.37. The zero-order chi connectivity index (χ0) is 17.8. The van der Waals surface area contributed by atoms with Crippen molar-refractivity contribution in [2.45, 2.75) is 0 Å². The Balaban J connectivity index is 1.83. The van der Waals surface area contributed by atoms with E-state index in [9.17, 15) is 14.9 Å². The van der Waals surface area contributed by atoms with Crippen molar-refractivity contribution >= 4 is 51.7 Å². The molecule has 8 heteroatoms. The molecule has 1 amide bonds. The van der Waals surface area contributed by atoms with Crippen LogP contribution in [0, 0.1) is 10.1 Å². The molecule has 25 heavy (non-hydrogen) atoms. The van der Waals surface area contributed by atoms with Gasteiger partial charge in [0.15, 0.2) is 4.32 Å². The van der Waals surface area contributed by atoms with E-state index in [2.05, 4.69) is 4.98 Å². The number of pyridine rings is 1. The zero-order valence-electron chi connectivity index (χ0n) is 12.7. The molecule has 2 aromatic rings. The molecule has 3 rings (SSSR count). The molecular weight excluding hydrogens is 358 g/mol. The van der Waals surface area contributed by atoms with Crippen LogP contribution in [0.1, 0.15) is 5.56 Å². The normalized spacial score (nSPS) is 16.2. The Labute approximate surface area is 153 Å². The van der Waals surface area contributed by atoms with Crippen molar-refractivity contribution in [1.82, 2.24) is 4.98 Å². The number of nitro benzene ring substituents is 1. The Bertz CT molecular complexity index is 910. The van der Waals surface area contributed by atoms with E-state index < -0.39 is 4.92 Å². The van der Waals surface area contributed by atoms with Gasteiger partial charge < -0.3 is 0 Å². The van der Waals surface area contributed by atoms with E-state index in [1.807, 2.05) is 0 Å². The van der Waals surface area contributed by atoms with Gasteiger partial charge in [0, 0.05) is 12.3 Å². The molecule has 0 atom stereocenters. The van der Waals surface area contributed by atoms with Crippen LogP contribution in [-0.4, -0.2) is 20.1 Å². The first-order valence-electron chi connectivity index (χ1n) is 7.16. The quantitative estimate of drug-likeness (QED) is 0.351. The summed E-state index contributed by atoms with van der Waals surface area (Å²) in [6, 6.07) is 9.88. The maximum atomic E-state index is 12.5. The molecule has 2 heterocycles. The average Bonchev–Trinajstić information content (AvgIpc) is 2.90. The highest BCUT2D eigenvalue weighted by Crippen LogP contribution is 2.34. The fourth-order valence-corrected chi connectivity index (χ4v) is 3.47. The Hall–Kier alpha value is -2.84. The molecule has 1 aromatic carbocycles. The van der Waals surface area contributed by atoms with Crippen LogP contribution in [0.5, 0.6) is 0 Å². The van der Waals surface area contributed by atoms with E-state index in [4.69, 9.17) is 12.2 Å². The molecule has 1 aromatic heterocycles. The topological polar surface area (TPSA) is 76.3 Å². The van der Waals surface area contributed by atoms with E-state index in [0.717, 1.165) is 0 Å². The summed E-state index contributed by atoms with van der Waals surface area (Å²) in [6.45, 7) is 0. The summed E-state index contributed by atoms with van der Waals surface area (Å²) in [5, 5.41) is 11.0. The standard InChI is InChI=1S/C17H11N3O3S2/c21-16-15(25-17(24)19(16)13-7-4-10-18-11-13)9-3-6-12-5-1-2-8-14(12)20(22)23/h1-11H. The zero-order valence-corrected chi connectivity index (χ0v) is 14.4. The Kier molecular flexibility index (Phi) is 5.01. The SMILES string of the molecule is O=C1C(=CC=Cc2ccccc2[N+](=O)[O-])SC(=S)N1c1cccnc1. The number of rotatable bonds is 4. The van der Waals surface area contributed by atoms with Crippen LogP contribution in [0.15, 0.2) is 65.8 Å². The molecule has 0 N–H and O–H groups in total. The third-order valence-electron chi connectivity index (χ3n) is 3.35. The molecule has 0 unspecified atom stereocenters. The van der Waals surface area contributed by atoms with Crippen molar-refractivity contribution < 1.29 is 9.72 Å². The van der Waals surface area contributed by atoms with E-state index in [-0.39, 0.29) is 11.6 Å². The summed E-state index contributed by atoms with van der Waals surface area (Å²) in [6.07, 6.45) is 7.99. The Morgan fingerprint density at radius 1 is 1.24 bits per heavy atom. The number of benzene rings is 1. The number of nitrogens with zero attached hydrogens (tertiary/aromatic N) is 3. The van der Waals surface area contributed by atoms with Crippen LogP contribution >= 0.6 is 24.0 Å². The fraction of sp³-hybridized carbons (Fsp3) is 0. The Morgan fingerprint density at radius 2 is 2.04 bits per heavy atom. The molecule has 0 saturated carbocycles. The first-order valence-corrected chi connectivity index (χ1v) is 8.38. The number of anilines is 1. The lowest BCUT2D eigenvalue weighted by molar-refractivity contribution is -0.385. The minimum Gasteiger partial charge on any atom is -0.268 e. The number of hydrogen-bond acceptors (Lipinski definition) is 6. The molecule has 1 saturated heterocycles. The summed E-state index contributed by atoms with van der Waals surface area (Å²) in [4.78, 5) is 28.9. The van der Waals surface area contributed by atoms with Crippen LogP contribution in [0.25, 0.3) is 6.08 Å². The van der Waals surface area contributed by atoms with Crippen LogP contribution in [-0.2, 0) is 4.79 Å². The lowest BCUT2D eigenvalue weighted by Gasteiger charge is -2.13. The van der Waals surface area contributed by atoms with Gasteiger partial charge in [-0.05, 0) is 30.4 Å². The highest BCUT2D eigenvalue weighted by Gasteiger charge is 2.32. The van der Waals surface area contributed by atoms with Gasteiger partial charge in [-0.15, -0.1) is 0 Å². The number of carbonyl (C=O) groups excluding carboxylic acids is 1. The number of nitro groups is 1. The van der Waals surface area contributed by atoms with Crippen molar-refractivity contribution in [1.29, 1.82) is 0 Å². The third kappa shape index (κ3) is 3.65. The van der Waals surface area contributed by atoms with Crippen molar-refractivity contribution in [2.24, 2.45) is 0 Å². The second-order valence-electron chi connectivity index (χ2n) is 4.93. The average molecular weight is 369 g/mol. The maximum Gasteiger partial charge on any atom is 0.276 e.